The van der Waals surface area contributed by atoms with Crippen molar-refractivity contribution >= 4 is 52.0 Å². The first-order chi connectivity index (χ1) is 16.4. The lowest BCUT2D eigenvalue weighted by Crippen LogP contribution is -2.45. The van der Waals surface area contributed by atoms with Crippen molar-refractivity contribution in [1.29, 1.82) is 0 Å². The molecule has 2 aromatic rings. The molecular formula is C25H23Cl3F3N3S. The molecule has 0 spiro atoms. The van der Waals surface area contributed by atoms with Crippen molar-refractivity contribution in [2.24, 2.45) is 5.41 Å². The zero-order valence-corrected chi connectivity index (χ0v) is 21.9. The monoisotopic (exact) mass is 559 g/mol. The molecule has 1 aromatic carbocycles. The van der Waals surface area contributed by atoms with Gasteiger partial charge in [-0.05, 0) is 61.7 Å². The van der Waals surface area contributed by atoms with Crippen LogP contribution in [0.1, 0.15) is 31.0 Å². The first kappa shape index (κ1) is 26.3. The van der Waals surface area contributed by atoms with Crippen LogP contribution in [0.25, 0.3) is 0 Å². The Morgan fingerprint density at radius 1 is 1.17 bits per heavy atom. The van der Waals surface area contributed by atoms with Gasteiger partial charge in [0.2, 0.25) is 0 Å². The highest BCUT2D eigenvalue weighted by atomic mass is 35.5. The van der Waals surface area contributed by atoms with Crippen LogP contribution in [0.5, 0.6) is 0 Å². The van der Waals surface area contributed by atoms with Gasteiger partial charge in [-0.15, -0.1) is 0 Å². The molecule has 0 saturated carbocycles. The number of hydrogen-bond donors (Lipinski definition) is 1. The molecule has 0 amide bonds. The second-order valence-electron chi connectivity index (χ2n) is 9.07. The van der Waals surface area contributed by atoms with E-state index < -0.39 is 17.0 Å². The largest absolute Gasteiger partial charge is 0.400 e. The number of nitrogens with zero attached hydrogens (tertiary/aromatic N) is 2. The van der Waals surface area contributed by atoms with Gasteiger partial charge in [-0.3, -0.25) is 4.98 Å². The van der Waals surface area contributed by atoms with E-state index in [9.17, 15) is 13.2 Å². The summed E-state index contributed by atoms with van der Waals surface area (Å²) in [6.07, 6.45) is 1.19. The smallest absolute Gasteiger partial charge is 0.373 e. The van der Waals surface area contributed by atoms with Crippen molar-refractivity contribution in [2.45, 2.75) is 37.9 Å². The third-order valence-corrected chi connectivity index (χ3v) is 8.33. The number of benzene rings is 1. The summed E-state index contributed by atoms with van der Waals surface area (Å²) in [5.41, 5.74) is -1.17. The maximum absolute atomic E-state index is 14.4. The average molecular weight is 561 g/mol. The van der Waals surface area contributed by atoms with Crippen molar-refractivity contribution in [3.05, 3.63) is 86.8 Å². The Morgan fingerprint density at radius 2 is 1.89 bits per heavy atom. The summed E-state index contributed by atoms with van der Waals surface area (Å²) in [7, 11) is 0. The Kier molecular flexibility index (Phi) is 7.45. The fourth-order valence-electron chi connectivity index (χ4n) is 4.54. The molecule has 1 fully saturated rings. The van der Waals surface area contributed by atoms with Crippen LogP contribution >= 0.6 is 47.0 Å². The van der Waals surface area contributed by atoms with Gasteiger partial charge in [-0.2, -0.15) is 13.2 Å². The molecule has 1 aliphatic carbocycles. The number of nitrogens with one attached hydrogen (secondary N) is 1. The fourth-order valence-corrected chi connectivity index (χ4v) is 5.67. The first-order valence-electron chi connectivity index (χ1n) is 11.0. The van der Waals surface area contributed by atoms with E-state index in [0.717, 1.165) is 5.69 Å². The van der Waals surface area contributed by atoms with Crippen LogP contribution in [-0.4, -0.2) is 34.1 Å². The zero-order valence-electron chi connectivity index (χ0n) is 18.8. The van der Waals surface area contributed by atoms with Gasteiger partial charge >= 0.3 is 6.18 Å². The van der Waals surface area contributed by atoms with Gasteiger partial charge in [0, 0.05) is 40.1 Å². The zero-order chi connectivity index (χ0) is 25.4. The summed E-state index contributed by atoms with van der Waals surface area (Å²) < 4.78 is 43.3. The molecular weight excluding hydrogens is 538 g/mol. The molecule has 2 unspecified atom stereocenters. The molecule has 2 aliphatic rings. The molecule has 1 aromatic heterocycles. The number of aromatic nitrogens is 1. The quantitative estimate of drug-likeness (QED) is 0.385. The second-order valence-corrected chi connectivity index (χ2v) is 10.8. The van der Waals surface area contributed by atoms with Crippen LogP contribution < -0.4 is 5.32 Å². The number of hydrogen-bond acceptors (Lipinski definition) is 3. The maximum Gasteiger partial charge on any atom is 0.400 e. The number of pyridine rings is 1. The maximum atomic E-state index is 14.4. The van der Waals surface area contributed by atoms with Gasteiger partial charge in [0.15, 0.2) is 0 Å². The summed E-state index contributed by atoms with van der Waals surface area (Å²) in [5, 5.41) is 4.05. The van der Waals surface area contributed by atoms with Crippen LogP contribution in [0, 0.1) is 5.41 Å². The van der Waals surface area contributed by atoms with Gasteiger partial charge in [0.05, 0.1) is 22.6 Å². The molecule has 186 valence electrons. The summed E-state index contributed by atoms with van der Waals surface area (Å²) in [5.74, 6) is 0. The topological polar surface area (TPSA) is 28.2 Å². The number of likely N-dealkylation sites (tertiary alicyclic amines) is 1. The average Bonchev–Trinajstić information content (AvgIpc) is 3.26. The summed E-state index contributed by atoms with van der Waals surface area (Å²) in [4.78, 5) is 6.55. The lowest BCUT2D eigenvalue weighted by molar-refractivity contribution is -0.186. The molecule has 0 bridgehead atoms. The third-order valence-electron chi connectivity index (χ3n) is 6.77. The van der Waals surface area contributed by atoms with Gasteiger partial charge in [-0.1, -0.05) is 59.2 Å². The van der Waals surface area contributed by atoms with Crippen molar-refractivity contribution in [1.82, 2.24) is 15.2 Å². The predicted octanol–water partition coefficient (Wildman–Crippen LogP) is 7.43. The summed E-state index contributed by atoms with van der Waals surface area (Å²) >= 11 is 24.4. The Labute approximate surface area is 223 Å². The number of rotatable bonds is 5. The van der Waals surface area contributed by atoms with E-state index in [0.29, 0.717) is 28.7 Å². The van der Waals surface area contributed by atoms with Gasteiger partial charge in [0.1, 0.15) is 5.41 Å². The molecule has 35 heavy (non-hydrogen) atoms. The van der Waals surface area contributed by atoms with Crippen LogP contribution in [0.2, 0.25) is 10.0 Å². The number of halogens is 6. The van der Waals surface area contributed by atoms with E-state index in [4.69, 9.17) is 47.0 Å². The van der Waals surface area contributed by atoms with Crippen molar-refractivity contribution in [3.63, 3.8) is 0 Å². The second kappa shape index (κ2) is 9.92. The minimum Gasteiger partial charge on any atom is -0.373 e. The van der Waals surface area contributed by atoms with Crippen LogP contribution in [0.4, 0.5) is 13.2 Å². The molecule has 1 aliphatic heterocycles. The SMILES string of the molecule is CC1(C(=S)NCc2ccccn2)CC=C(N2CCC(c3cc(Cl)cc(Cl)c3)(C(F)(F)F)C2)C=C1Cl. The number of thiocarbonyl (C=S) groups is 1. The summed E-state index contributed by atoms with van der Waals surface area (Å²) in [6.45, 7) is 2.34. The van der Waals surface area contributed by atoms with Crippen molar-refractivity contribution < 1.29 is 13.2 Å². The van der Waals surface area contributed by atoms with Crippen LogP contribution in [0.3, 0.4) is 0 Å². The Balaban J connectivity index is 1.52. The molecule has 3 nitrogen and oxygen atoms in total. The van der Waals surface area contributed by atoms with E-state index in [1.165, 1.54) is 18.2 Å². The van der Waals surface area contributed by atoms with Crippen molar-refractivity contribution in [3.8, 4) is 0 Å². The van der Waals surface area contributed by atoms with E-state index in [-0.39, 0.29) is 35.1 Å². The van der Waals surface area contributed by atoms with Crippen LogP contribution in [-0.2, 0) is 12.0 Å². The minimum atomic E-state index is -4.48. The molecule has 0 radical (unpaired) electrons. The third kappa shape index (κ3) is 5.19. The molecule has 2 atom stereocenters. The molecule has 4 rings (SSSR count). The standard InChI is InChI=1S/C25H23Cl3F3N3S/c1-23(22(35)33-14-19-4-2-3-8-32-19)6-5-20(13-21(23)28)34-9-7-24(15-34,25(29,30)31)16-10-17(26)12-18(27)11-16/h2-5,8,10-13H,6-7,9,14-15H2,1H3,(H,33,35). The van der Waals surface area contributed by atoms with Crippen LogP contribution in [0.15, 0.2) is 65.5 Å². The molecule has 1 N–H and O–H groups in total. The highest BCUT2D eigenvalue weighted by Crippen LogP contribution is 2.50. The van der Waals surface area contributed by atoms with E-state index >= 15 is 0 Å². The molecule has 1 saturated heterocycles. The highest BCUT2D eigenvalue weighted by Gasteiger charge is 2.59. The fraction of sp³-hybridized carbons (Fsp3) is 0.360. The molecule has 10 heteroatoms. The lowest BCUT2D eigenvalue weighted by atomic mass is 9.79. The predicted molar refractivity (Wildman–Crippen MR) is 139 cm³/mol. The first-order valence-corrected chi connectivity index (χ1v) is 12.5. The normalized spacial score (nSPS) is 24.7. The molecule has 2 heterocycles. The van der Waals surface area contributed by atoms with Gasteiger partial charge in [0.25, 0.3) is 0 Å². The number of allylic oxidation sites excluding steroid dienone is 2. The Morgan fingerprint density at radius 3 is 2.49 bits per heavy atom. The van der Waals surface area contributed by atoms with E-state index in [1.54, 1.807) is 17.2 Å². The Bertz CT molecular complexity index is 1170. The lowest BCUT2D eigenvalue weighted by Gasteiger charge is -2.36. The van der Waals surface area contributed by atoms with Crippen molar-refractivity contribution in [2.75, 3.05) is 13.1 Å². The van der Waals surface area contributed by atoms with E-state index in [1.807, 2.05) is 31.2 Å². The number of alkyl halides is 3. The summed E-state index contributed by atoms with van der Waals surface area (Å²) in [6, 6.07) is 9.76. The Hall–Kier alpha value is -1.80. The van der Waals surface area contributed by atoms with Gasteiger partial charge < -0.3 is 10.2 Å². The minimum absolute atomic E-state index is 0.0706. The van der Waals surface area contributed by atoms with Gasteiger partial charge in [-0.25, -0.2) is 0 Å². The van der Waals surface area contributed by atoms with E-state index in [2.05, 4.69) is 10.3 Å². The highest BCUT2D eigenvalue weighted by molar-refractivity contribution is 7.80.